The van der Waals surface area contributed by atoms with Crippen LogP contribution in [0.4, 0.5) is 5.00 Å². The van der Waals surface area contributed by atoms with Crippen molar-refractivity contribution in [1.29, 1.82) is 5.26 Å². The summed E-state index contributed by atoms with van der Waals surface area (Å²) in [6.07, 6.45) is 3.77. The Morgan fingerprint density at radius 1 is 1.26 bits per heavy atom. The minimum absolute atomic E-state index is 0.154. The first-order valence-corrected chi connectivity index (χ1v) is 9.03. The fourth-order valence-electron chi connectivity index (χ4n) is 3.46. The van der Waals surface area contributed by atoms with Crippen molar-refractivity contribution in [2.45, 2.75) is 38.6 Å². The summed E-state index contributed by atoms with van der Waals surface area (Å²) in [6.45, 7) is 4.86. The van der Waals surface area contributed by atoms with Crippen LogP contribution in [0, 0.1) is 24.2 Å². The smallest absolute Gasteiger partial charge is 0.225 e. The SMILES string of the molecule is Cc1nsc(N2CCN(C(=O)C3CCC(N)CC3)CC2)c1C#N. The lowest BCUT2D eigenvalue weighted by Gasteiger charge is -2.38. The fourth-order valence-corrected chi connectivity index (χ4v) is 4.35. The number of anilines is 1. The maximum absolute atomic E-state index is 12.6. The molecule has 1 saturated heterocycles. The number of carbonyl (C=O) groups excluding carboxylic acids is 1. The second kappa shape index (κ2) is 6.85. The maximum atomic E-state index is 12.6. The first-order chi connectivity index (χ1) is 11.1. The van der Waals surface area contributed by atoms with Gasteiger partial charge in [-0.2, -0.15) is 9.64 Å². The van der Waals surface area contributed by atoms with Gasteiger partial charge in [0, 0.05) is 38.1 Å². The number of hydrogen-bond acceptors (Lipinski definition) is 6. The fraction of sp³-hybridized carbons (Fsp3) is 0.688. The Morgan fingerprint density at radius 3 is 2.52 bits per heavy atom. The van der Waals surface area contributed by atoms with E-state index in [9.17, 15) is 10.1 Å². The average Bonchev–Trinajstić information content (AvgIpc) is 2.96. The van der Waals surface area contributed by atoms with E-state index >= 15 is 0 Å². The number of rotatable bonds is 2. The van der Waals surface area contributed by atoms with Gasteiger partial charge in [0.05, 0.1) is 5.69 Å². The molecule has 2 aliphatic rings. The quantitative estimate of drug-likeness (QED) is 0.886. The molecule has 0 unspecified atom stereocenters. The van der Waals surface area contributed by atoms with E-state index in [0.29, 0.717) is 5.56 Å². The Bertz CT molecular complexity index is 606. The van der Waals surface area contributed by atoms with Crippen LogP contribution in [-0.4, -0.2) is 47.4 Å². The number of aryl methyl sites for hydroxylation is 1. The number of amides is 1. The summed E-state index contributed by atoms with van der Waals surface area (Å²) in [5.74, 6) is 0.444. The zero-order chi connectivity index (χ0) is 16.4. The Labute approximate surface area is 141 Å². The van der Waals surface area contributed by atoms with E-state index in [2.05, 4.69) is 15.3 Å². The largest absolute Gasteiger partial charge is 0.358 e. The third-order valence-corrected chi connectivity index (χ3v) is 5.96. The molecule has 0 aromatic carbocycles. The molecule has 0 bridgehead atoms. The normalized spacial score (nSPS) is 25.3. The topological polar surface area (TPSA) is 86.2 Å². The van der Waals surface area contributed by atoms with Crippen LogP contribution in [-0.2, 0) is 4.79 Å². The summed E-state index contributed by atoms with van der Waals surface area (Å²) >= 11 is 1.38. The molecule has 124 valence electrons. The van der Waals surface area contributed by atoms with Crippen LogP contribution < -0.4 is 10.6 Å². The lowest BCUT2D eigenvalue weighted by atomic mass is 9.85. The van der Waals surface area contributed by atoms with Gasteiger partial charge in [-0.15, -0.1) is 0 Å². The Morgan fingerprint density at radius 2 is 1.91 bits per heavy atom. The van der Waals surface area contributed by atoms with Gasteiger partial charge < -0.3 is 15.5 Å². The minimum Gasteiger partial charge on any atom is -0.358 e. The van der Waals surface area contributed by atoms with Crippen LogP contribution in [0.15, 0.2) is 0 Å². The van der Waals surface area contributed by atoms with Gasteiger partial charge in [0.15, 0.2) is 0 Å². The van der Waals surface area contributed by atoms with Crippen molar-refractivity contribution in [2.75, 3.05) is 31.1 Å². The summed E-state index contributed by atoms with van der Waals surface area (Å²) in [7, 11) is 0. The van der Waals surface area contributed by atoms with Gasteiger partial charge in [0.25, 0.3) is 0 Å². The van der Waals surface area contributed by atoms with E-state index in [1.807, 2.05) is 11.8 Å². The summed E-state index contributed by atoms with van der Waals surface area (Å²) in [6, 6.07) is 2.52. The van der Waals surface area contributed by atoms with Gasteiger partial charge in [0.1, 0.15) is 16.6 Å². The van der Waals surface area contributed by atoms with E-state index in [1.165, 1.54) is 11.5 Å². The predicted octanol–water partition coefficient (Wildman–Crippen LogP) is 1.49. The number of nitriles is 1. The number of nitrogens with two attached hydrogens (primary N) is 1. The average molecular weight is 333 g/mol. The van der Waals surface area contributed by atoms with Gasteiger partial charge >= 0.3 is 0 Å². The highest BCUT2D eigenvalue weighted by atomic mass is 32.1. The van der Waals surface area contributed by atoms with Crippen molar-refractivity contribution in [3.05, 3.63) is 11.3 Å². The Balaban J connectivity index is 1.58. The van der Waals surface area contributed by atoms with Gasteiger partial charge in [0.2, 0.25) is 5.91 Å². The third kappa shape index (κ3) is 3.33. The molecule has 1 aliphatic carbocycles. The molecule has 3 rings (SSSR count). The second-order valence-electron chi connectivity index (χ2n) is 6.48. The molecule has 1 aliphatic heterocycles. The molecule has 2 heterocycles. The first-order valence-electron chi connectivity index (χ1n) is 8.26. The van der Waals surface area contributed by atoms with Crippen LogP contribution in [0.25, 0.3) is 0 Å². The van der Waals surface area contributed by atoms with Crippen LogP contribution in [0.1, 0.15) is 36.9 Å². The molecule has 2 fully saturated rings. The maximum Gasteiger partial charge on any atom is 0.225 e. The molecule has 1 aromatic rings. The van der Waals surface area contributed by atoms with Crippen molar-refractivity contribution < 1.29 is 4.79 Å². The van der Waals surface area contributed by atoms with E-state index in [4.69, 9.17) is 5.73 Å². The minimum atomic E-state index is 0.154. The number of carbonyl (C=O) groups is 1. The van der Waals surface area contributed by atoms with Crippen LogP contribution in [0.2, 0.25) is 0 Å². The van der Waals surface area contributed by atoms with E-state index < -0.39 is 0 Å². The summed E-state index contributed by atoms with van der Waals surface area (Å²) < 4.78 is 4.28. The van der Waals surface area contributed by atoms with Crippen molar-refractivity contribution in [1.82, 2.24) is 9.27 Å². The van der Waals surface area contributed by atoms with Gasteiger partial charge in [-0.05, 0) is 44.1 Å². The molecule has 0 spiro atoms. The molecule has 1 amide bonds. The predicted molar refractivity (Wildman–Crippen MR) is 90.3 cm³/mol. The van der Waals surface area contributed by atoms with Crippen molar-refractivity contribution in [3.8, 4) is 6.07 Å². The lowest BCUT2D eigenvalue weighted by molar-refractivity contribution is -0.136. The van der Waals surface area contributed by atoms with Gasteiger partial charge in [-0.3, -0.25) is 4.79 Å². The van der Waals surface area contributed by atoms with E-state index in [1.54, 1.807) is 0 Å². The van der Waals surface area contributed by atoms with Crippen molar-refractivity contribution >= 4 is 22.4 Å². The lowest BCUT2D eigenvalue weighted by Crippen LogP contribution is -2.51. The van der Waals surface area contributed by atoms with Gasteiger partial charge in [-0.25, -0.2) is 0 Å². The van der Waals surface area contributed by atoms with Crippen LogP contribution in [0.3, 0.4) is 0 Å². The first kappa shape index (κ1) is 16.2. The summed E-state index contributed by atoms with van der Waals surface area (Å²) in [5.41, 5.74) is 7.40. The monoisotopic (exact) mass is 333 g/mol. The molecule has 1 aromatic heterocycles. The number of aromatic nitrogens is 1. The zero-order valence-corrected chi connectivity index (χ0v) is 14.3. The summed E-state index contributed by atoms with van der Waals surface area (Å²) in [4.78, 5) is 16.8. The molecular formula is C16H23N5OS. The molecular weight excluding hydrogens is 310 g/mol. The van der Waals surface area contributed by atoms with E-state index in [-0.39, 0.29) is 17.9 Å². The highest BCUT2D eigenvalue weighted by Gasteiger charge is 2.31. The Kier molecular flexibility index (Phi) is 4.83. The molecule has 0 radical (unpaired) electrons. The second-order valence-corrected chi connectivity index (χ2v) is 7.24. The van der Waals surface area contributed by atoms with Crippen molar-refractivity contribution in [2.24, 2.45) is 11.7 Å². The molecule has 6 nitrogen and oxygen atoms in total. The van der Waals surface area contributed by atoms with Crippen LogP contribution >= 0.6 is 11.5 Å². The summed E-state index contributed by atoms with van der Waals surface area (Å²) in [5, 5.41) is 10.2. The molecule has 1 saturated carbocycles. The highest BCUT2D eigenvalue weighted by molar-refractivity contribution is 7.10. The molecule has 23 heavy (non-hydrogen) atoms. The number of piperazine rings is 1. The standard InChI is InChI=1S/C16H23N5OS/c1-11-14(10-17)16(23-19-11)21-8-6-20(7-9-21)15(22)12-2-4-13(18)5-3-12/h12-13H,2-9,18H2,1H3. The van der Waals surface area contributed by atoms with E-state index in [0.717, 1.165) is 62.6 Å². The molecule has 7 heteroatoms. The molecule has 0 atom stereocenters. The number of hydrogen-bond donors (Lipinski definition) is 1. The van der Waals surface area contributed by atoms with Gasteiger partial charge in [-0.1, -0.05) is 0 Å². The Hall–Kier alpha value is -1.65. The van der Waals surface area contributed by atoms with Crippen molar-refractivity contribution in [3.63, 3.8) is 0 Å². The molecule has 2 N–H and O–H groups in total. The number of nitrogens with zero attached hydrogens (tertiary/aromatic N) is 4. The zero-order valence-electron chi connectivity index (χ0n) is 13.5. The van der Waals surface area contributed by atoms with Crippen LogP contribution in [0.5, 0.6) is 0 Å². The highest BCUT2D eigenvalue weighted by Crippen LogP contribution is 2.30. The third-order valence-electron chi connectivity index (χ3n) is 4.96.